The van der Waals surface area contributed by atoms with Crippen molar-refractivity contribution in [3.8, 4) is 0 Å². The van der Waals surface area contributed by atoms with Crippen LogP contribution in [-0.4, -0.2) is 10.2 Å². The number of hydrogen-bond acceptors (Lipinski definition) is 3. The van der Waals surface area contributed by atoms with E-state index in [9.17, 15) is 0 Å². The molecule has 3 nitrogen and oxygen atoms in total. The lowest BCUT2D eigenvalue weighted by Gasteiger charge is -2.01. The van der Waals surface area contributed by atoms with Gasteiger partial charge in [0.1, 0.15) is 0 Å². The first-order valence-corrected chi connectivity index (χ1v) is 3.39. The predicted molar refractivity (Wildman–Crippen MR) is 37.4 cm³/mol. The van der Waals surface area contributed by atoms with Crippen LogP contribution in [0, 0.1) is 0 Å². The molecule has 1 aliphatic heterocycles. The summed E-state index contributed by atoms with van der Waals surface area (Å²) in [5.41, 5.74) is 1.31. The van der Waals surface area contributed by atoms with E-state index < -0.39 is 12.6 Å². The third-order valence-corrected chi connectivity index (χ3v) is 1.79. The first-order chi connectivity index (χ1) is 5.29. The zero-order chi connectivity index (χ0) is 7.84. The smallest absolute Gasteiger partial charge is 0.185 e. The second-order valence-corrected chi connectivity index (χ2v) is 2.47. The van der Waals surface area contributed by atoms with Crippen LogP contribution in [0.25, 0.3) is 0 Å². The average molecular weight is 152 g/mol. The van der Waals surface area contributed by atoms with Crippen molar-refractivity contribution in [2.75, 3.05) is 0 Å². The molecule has 0 amide bonds. The van der Waals surface area contributed by atoms with Crippen LogP contribution in [0.1, 0.15) is 23.7 Å². The van der Waals surface area contributed by atoms with Gasteiger partial charge < -0.3 is 14.9 Å². The van der Waals surface area contributed by atoms with Crippen molar-refractivity contribution < 1.29 is 14.9 Å². The molecule has 58 valence electrons. The Morgan fingerprint density at radius 3 is 1.91 bits per heavy atom. The monoisotopic (exact) mass is 152 g/mol. The molecule has 3 heteroatoms. The quantitative estimate of drug-likeness (QED) is 0.575. The van der Waals surface area contributed by atoms with Gasteiger partial charge in [0.05, 0.1) is 0 Å². The summed E-state index contributed by atoms with van der Waals surface area (Å²) >= 11 is 0. The van der Waals surface area contributed by atoms with Gasteiger partial charge in [0.2, 0.25) is 0 Å². The fourth-order valence-electron chi connectivity index (χ4n) is 1.23. The summed E-state index contributed by atoms with van der Waals surface area (Å²) in [5, 5.41) is 18.3. The van der Waals surface area contributed by atoms with E-state index in [4.69, 9.17) is 14.9 Å². The zero-order valence-corrected chi connectivity index (χ0v) is 5.77. The van der Waals surface area contributed by atoms with Gasteiger partial charge in [0.15, 0.2) is 12.6 Å². The number of rotatable bonds is 0. The molecule has 1 heterocycles. The van der Waals surface area contributed by atoms with E-state index in [-0.39, 0.29) is 0 Å². The third-order valence-electron chi connectivity index (χ3n) is 1.79. The van der Waals surface area contributed by atoms with Crippen molar-refractivity contribution >= 4 is 0 Å². The van der Waals surface area contributed by atoms with Gasteiger partial charge in [-0.05, 0) is 0 Å². The molecule has 0 aliphatic carbocycles. The minimum atomic E-state index is -0.971. The lowest BCUT2D eigenvalue weighted by Crippen LogP contribution is -1.94. The minimum Gasteiger partial charge on any atom is -0.364 e. The average Bonchev–Trinajstić information content (AvgIpc) is 2.30. The highest BCUT2D eigenvalue weighted by Crippen LogP contribution is 2.34. The van der Waals surface area contributed by atoms with Gasteiger partial charge in [-0.2, -0.15) is 0 Å². The Morgan fingerprint density at radius 2 is 1.45 bits per heavy atom. The largest absolute Gasteiger partial charge is 0.364 e. The van der Waals surface area contributed by atoms with Crippen LogP contribution >= 0.6 is 0 Å². The molecule has 0 spiro atoms. The van der Waals surface area contributed by atoms with Crippen molar-refractivity contribution in [3.05, 3.63) is 35.4 Å². The fraction of sp³-hybridized carbons (Fsp3) is 0.250. The van der Waals surface area contributed by atoms with Gasteiger partial charge in [-0.15, -0.1) is 0 Å². The van der Waals surface area contributed by atoms with E-state index in [0.29, 0.717) is 11.1 Å². The molecule has 11 heavy (non-hydrogen) atoms. The molecule has 1 aliphatic rings. The van der Waals surface area contributed by atoms with Gasteiger partial charge in [0.25, 0.3) is 0 Å². The topological polar surface area (TPSA) is 49.7 Å². The van der Waals surface area contributed by atoms with Crippen LogP contribution in [-0.2, 0) is 4.74 Å². The van der Waals surface area contributed by atoms with E-state index in [1.807, 2.05) is 0 Å². The summed E-state index contributed by atoms with van der Waals surface area (Å²) in [6, 6.07) is 7.05. The normalized spacial score (nSPS) is 28.5. The summed E-state index contributed by atoms with van der Waals surface area (Å²) < 4.78 is 4.74. The molecule has 0 radical (unpaired) electrons. The molecule has 2 rings (SSSR count). The Hall–Kier alpha value is -0.900. The highest BCUT2D eigenvalue weighted by molar-refractivity contribution is 5.31. The van der Waals surface area contributed by atoms with Gasteiger partial charge in [-0.1, -0.05) is 24.3 Å². The van der Waals surface area contributed by atoms with Gasteiger partial charge in [0, 0.05) is 11.1 Å². The highest BCUT2D eigenvalue weighted by Gasteiger charge is 2.27. The van der Waals surface area contributed by atoms with Crippen LogP contribution in [0.5, 0.6) is 0 Å². The molecule has 0 bridgehead atoms. The Kier molecular flexibility index (Phi) is 1.42. The molecule has 0 aromatic heterocycles. The highest BCUT2D eigenvalue weighted by atomic mass is 16.7. The van der Waals surface area contributed by atoms with Crippen LogP contribution < -0.4 is 0 Å². The van der Waals surface area contributed by atoms with Crippen LogP contribution in [0.15, 0.2) is 24.3 Å². The maximum atomic E-state index is 9.17. The number of ether oxygens (including phenoxy) is 1. The molecule has 1 aromatic rings. The Bertz CT molecular complexity index is 245. The van der Waals surface area contributed by atoms with E-state index in [2.05, 4.69) is 0 Å². The van der Waals surface area contributed by atoms with Gasteiger partial charge in [-0.25, -0.2) is 0 Å². The van der Waals surface area contributed by atoms with E-state index in [0.717, 1.165) is 0 Å². The van der Waals surface area contributed by atoms with E-state index in [1.54, 1.807) is 24.3 Å². The maximum absolute atomic E-state index is 9.17. The Morgan fingerprint density at radius 1 is 1.00 bits per heavy atom. The second-order valence-electron chi connectivity index (χ2n) is 2.47. The molecule has 2 N–H and O–H groups in total. The van der Waals surface area contributed by atoms with Crippen molar-refractivity contribution in [2.24, 2.45) is 0 Å². The first-order valence-electron chi connectivity index (χ1n) is 3.39. The number of hydrogen-bond donors (Lipinski definition) is 2. The van der Waals surface area contributed by atoms with E-state index in [1.165, 1.54) is 0 Å². The standard InChI is InChI=1S/C8H8O3/c9-7-5-3-1-2-4-6(5)8(10)11-7/h1-4,7-10H/t7-,8-/m1/s1. The van der Waals surface area contributed by atoms with E-state index >= 15 is 0 Å². The predicted octanol–water partition coefficient (Wildman–Crippen LogP) is 0.699. The molecule has 0 unspecified atom stereocenters. The van der Waals surface area contributed by atoms with Crippen molar-refractivity contribution in [1.29, 1.82) is 0 Å². The molecule has 2 atom stereocenters. The number of aliphatic hydroxyl groups is 2. The summed E-state index contributed by atoms with van der Waals surface area (Å²) in [7, 11) is 0. The number of fused-ring (bicyclic) bond motifs is 1. The molecule has 1 aromatic carbocycles. The SMILES string of the molecule is O[C@@H]1O[C@@H](O)c2ccccc21. The molecule has 0 saturated carbocycles. The Balaban J connectivity index is 2.52. The first kappa shape index (κ1) is 6.79. The zero-order valence-electron chi connectivity index (χ0n) is 5.77. The van der Waals surface area contributed by atoms with Crippen LogP contribution in [0.4, 0.5) is 0 Å². The van der Waals surface area contributed by atoms with Crippen molar-refractivity contribution in [3.63, 3.8) is 0 Å². The van der Waals surface area contributed by atoms with Crippen molar-refractivity contribution in [1.82, 2.24) is 0 Å². The fourth-order valence-corrected chi connectivity index (χ4v) is 1.23. The summed E-state index contributed by atoms with van der Waals surface area (Å²) in [6.45, 7) is 0. The molecular weight excluding hydrogens is 144 g/mol. The molecular formula is C8H8O3. The lowest BCUT2D eigenvalue weighted by atomic mass is 10.1. The summed E-state index contributed by atoms with van der Waals surface area (Å²) in [6.07, 6.45) is -1.94. The summed E-state index contributed by atoms with van der Waals surface area (Å²) in [5.74, 6) is 0. The number of aliphatic hydroxyl groups excluding tert-OH is 2. The third kappa shape index (κ3) is 0.939. The summed E-state index contributed by atoms with van der Waals surface area (Å²) in [4.78, 5) is 0. The van der Waals surface area contributed by atoms with Gasteiger partial charge in [-0.3, -0.25) is 0 Å². The number of benzene rings is 1. The van der Waals surface area contributed by atoms with Crippen molar-refractivity contribution in [2.45, 2.75) is 12.6 Å². The minimum absolute atomic E-state index is 0.653. The lowest BCUT2D eigenvalue weighted by molar-refractivity contribution is -0.193. The maximum Gasteiger partial charge on any atom is 0.185 e. The second kappa shape index (κ2) is 2.30. The Labute approximate surface area is 63.9 Å². The molecule has 0 saturated heterocycles. The van der Waals surface area contributed by atoms with Gasteiger partial charge >= 0.3 is 0 Å². The van der Waals surface area contributed by atoms with Crippen LogP contribution in [0.3, 0.4) is 0 Å². The van der Waals surface area contributed by atoms with Crippen LogP contribution in [0.2, 0.25) is 0 Å². The molecule has 0 fully saturated rings.